The molecule has 0 aliphatic heterocycles. The van der Waals surface area contributed by atoms with Crippen molar-refractivity contribution in [1.29, 1.82) is 0 Å². The van der Waals surface area contributed by atoms with Gasteiger partial charge >= 0.3 is 32.7 Å². The Labute approximate surface area is 92.0 Å². The van der Waals surface area contributed by atoms with Gasteiger partial charge in [-0.25, -0.2) is 0 Å². The molecule has 0 heterocycles. The van der Waals surface area contributed by atoms with Crippen LogP contribution in [0.15, 0.2) is 0 Å². The van der Waals surface area contributed by atoms with Crippen molar-refractivity contribution in [1.82, 2.24) is 0 Å². The van der Waals surface area contributed by atoms with Crippen molar-refractivity contribution in [3.63, 3.8) is 0 Å². The molecule has 0 saturated heterocycles. The number of hydrogen-bond donors (Lipinski definition) is 0. The Bertz CT molecular complexity index is 44.7. The number of hydrogen-bond acceptors (Lipinski definition) is 0. The van der Waals surface area contributed by atoms with Crippen molar-refractivity contribution in [3.05, 3.63) is 20.3 Å². The van der Waals surface area contributed by atoms with Crippen LogP contribution >= 0.6 is 0 Å². The van der Waals surface area contributed by atoms with Gasteiger partial charge in [-0.2, -0.15) is 25.7 Å². The first-order chi connectivity index (χ1) is 3.72. The minimum atomic E-state index is 0. The fourth-order valence-electron chi connectivity index (χ4n) is 0.607. The molecule has 0 aromatic rings. The van der Waals surface area contributed by atoms with Crippen LogP contribution in [0.3, 0.4) is 0 Å². The van der Waals surface area contributed by atoms with Gasteiger partial charge in [-0.05, 0) is 0 Å². The molecule has 0 amide bonds. The fraction of sp³-hybridized carbons (Fsp3) is 0.667. The van der Waals surface area contributed by atoms with Gasteiger partial charge in [0.25, 0.3) is 0 Å². The molecule has 2 unspecified atom stereocenters. The summed E-state index contributed by atoms with van der Waals surface area (Å²) in [6, 6.07) is 0. The quantitative estimate of drug-likeness (QED) is 0.635. The van der Waals surface area contributed by atoms with Crippen LogP contribution in [0, 0.1) is 32.1 Å². The summed E-state index contributed by atoms with van der Waals surface area (Å²) in [4.78, 5) is 0. The van der Waals surface area contributed by atoms with Crippen molar-refractivity contribution in [2.24, 2.45) is 11.8 Å². The SMILES string of the molecule is C[CH-]C(C)C(C)[CH-]C.[CH3-].[Y+3]. The molecule has 0 aromatic carbocycles. The molecule has 0 rings (SSSR count). The van der Waals surface area contributed by atoms with Crippen LogP contribution in [0.4, 0.5) is 0 Å². The molecule has 0 radical (unpaired) electrons. The minimum absolute atomic E-state index is 0. The smallest absolute Gasteiger partial charge is 0.358 e. The summed E-state index contributed by atoms with van der Waals surface area (Å²) in [7, 11) is 0. The first-order valence-corrected chi connectivity index (χ1v) is 3.31. The van der Waals surface area contributed by atoms with E-state index in [0.717, 1.165) is 11.8 Å². The second-order valence-corrected chi connectivity index (χ2v) is 2.38. The molecule has 0 spiro atoms. The largest absolute Gasteiger partial charge is 3.00 e. The molecule has 0 aromatic heterocycles. The first-order valence-electron chi connectivity index (χ1n) is 3.31. The Balaban J connectivity index is -0.000000245. The zero-order valence-electron chi connectivity index (χ0n) is 7.89. The second kappa shape index (κ2) is 10.1. The fourth-order valence-corrected chi connectivity index (χ4v) is 0.607. The molecule has 2 atom stereocenters. The maximum Gasteiger partial charge on any atom is 3.00 e. The van der Waals surface area contributed by atoms with E-state index >= 15 is 0 Å². The van der Waals surface area contributed by atoms with E-state index in [2.05, 4.69) is 40.5 Å². The Morgan fingerprint density at radius 2 is 1.10 bits per heavy atom. The van der Waals surface area contributed by atoms with Gasteiger partial charge in [0, 0.05) is 0 Å². The molecule has 0 aliphatic carbocycles. The van der Waals surface area contributed by atoms with Crippen molar-refractivity contribution in [2.75, 3.05) is 0 Å². The van der Waals surface area contributed by atoms with E-state index in [4.69, 9.17) is 0 Å². The molecule has 10 heavy (non-hydrogen) atoms. The zero-order chi connectivity index (χ0) is 6.57. The maximum absolute atomic E-state index is 2.24. The zero-order valence-corrected chi connectivity index (χ0v) is 10.7. The predicted octanol–water partition coefficient (Wildman–Crippen LogP) is 3.15. The summed E-state index contributed by atoms with van der Waals surface area (Å²) < 4.78 is 0. The summed E-state index contributed by atoms with van der Waals surface area (Å²) in [5, 5.41) is 0. The van der Waals surface area contributed by atoms with E-state index in [0.29, 0.717) is 0 Å². The third-order valence-electron chi connectivity index (χ3n) is 1.88. The molecule has 0 fully saturated rings. The van der Waals surface area contributed by atoms with E-state index < -0.39 is 0 Å². The van der Waals surface area contributed by atoms with Gasteiger partial charge in [-0.3, -0.25) is 0 Å². The van der Waals surface area contributed by atoms with Crippen LogP contribution in [0.25, 0.3) is 0 Å². The van der Waals surface area contributed by atoms with E-state index in [1.165, 1.54) is 0 Å². The van der Waals surface area contributed by atoms with Gasteiger partial charge in [0.2, 0.25) is 0 Å². The standard InChI is InChI=1S/C8H16.CH3.Y/c1-5-7(3)8(4)6-2;;/h5-8H,1-4H3;1H3;/q-2;-1;+3. The summed E-state index contributed by atoms with van der Waals surface area (Å²) in [5.74, 6) is 1.47. The molecular weight excluding hydrogens is 197 g/mol. The van der Waals surface area contributed by atoms with Crippen molar-refractivity contribution < 1.29 is 32.7 Å². The summed E-state index contributed by atoms with van der Waals surface area (Å²) in [6.45, 7) is 8.71. The van der Waals surface area contributed by atoms with Crippen LogP contribution < -0.4 is 0 Å². The Kier molecular flexibility index (Phi) is 17.4. The van der Waals surface area contributed by atoms with E-state index in [1.54, 1.807) is 0 Å². The van der Waals surface area contributed by atoms with Gasteiger partial charge in [0.05, 0.1) is 0 Å². The normalized spacial score (nSPS) is 14.4. The van der Waals surface area contributed by atoms with Crippen LogP contribution in [-0.4, -0.2) is 0 Å². The van der Waals surface area contributed by atoms with Gasteiger partial charge in [-0.1, -0.05) is 13.8 Å². The monoisotopic (exact) mass is 216 g/mol. The summed E-state index contributed by atoms with van der Waals surface area (Å²) >= 11 is 0. The summed E-state index contributed by atoms with van der Waals surface area (Å²) in [5.41, 5.74) is 0. The van der Waals surface area contributed by atoms with Crippen LogP contribution in [0.5, 0.6) is 0 Å². The molecular formula is C9H19Y. The first kappa shape index (κ1) is 17.3. The molecule has 0 aliphatic rings. The third-order valence-corrected chi connectivity index (χ3v) is 1.88. The van der Waals surface area contributed by atoms with E-state index in [1.807, 2.05) is 0 Å². The van der Waals surface area contributed by atoms with Crippen molar-refractivity contribution in [2.45, 2.75) is 27.7 Å². The molecule has 0 bridgehead atoms. The van der Waals surface area contributed by atoms with E-state index in [-0.39, 0.29) is 40.1 Å². The Morgan fingerprint density at radius 1 is 0.900 bits per heavy atom. The van der Waals surface area contributed by atoms with Crippen LogP contribution in [0.2, 0.25) is 0 Å². The minimum Gasteiger partial charge on any atom is -0.358 e. The molecule has 0 N–H and O–H groups in total. The van der Waals surface area contributed by atoms with Crippen molar-refractivity contribution >= 4 is 0 Å². The maximum atomic E-state index is 2.24. The van der Waals surface area contributed by atoms with Gasteiger partial charge in [0.1, 0.15) is 0 Å². The van der Waals surface area contributed by atoms with Gasteiger partial charge < -0.3 is 20.3 Å². The van der Waals surface area contributed by atoms with Gasteiger partial charge in [-0.15, -0.1) is 0 Å². The van der Waals surface area contributed by atoms with Crippen LogP contribution in [0.1, 0.15) is 27.7 Å². The van der Waals surface area contributed by atoms with Crippen LogP contribution in [-0.2, 0) is 32.7 Å². The Morgan fingerprint density at radius 3 is 1.20 bits per heavy atom. The molecule has 1 heteroatoms. The molecule has 58 valence electrons. The average molecular weight is 216 g/mol. The topological polar surface area (TPSA) is 0 Å². The number of rotatable bonds is 3. The Hall–Kier alpha value is 1.10. The van der Waals surface area contributed by atoms with Crippen molar-refractivity contribution in [3.8, 4) is 0 Å². The molecule has 0 nitrogen and oxygen atoms in total. The van der Waals surface area contributed by atoms with Gasteiger partial charge in [0.15, 0.2) is 0 Å². The molecule has 0 saturated carbocycles. The predicted molar refractivity (Wildman–Crippen MR) is 44.7 cm³/mol. The second-order valence-electron chi connectivity index (χ2n) is 2.38. The van der Waals surface area contributed by atoms with E-state index in [9.17, 15) is 0 Å². The third kappa shape index (κ3) is 7.21. The summed E-state index contributed by atoms with van der Waals surface area (Å²) in [6.07, 6.45) is 4.48. The average Bonchev–Trinajstić information content (AvgIpc) is 1.84.